The number of esters is 1. The van der Waals surface area contributed by atoms with E-state index in [4.69, 9.17) is 4.74 Å². The van der Waals surface area contributed by atoms with Crippen LogP contribution < -0.4 is 0 Å². The second-order valence-corrected chi connectivity index (χ2v) is 3.15. The minimum Gasteiger partial charge on any atom is -0.465 e. The van der Waals surface area contributed by atoms with Gasteiger partial charge in [0.2, 0.25) is 0 Å². The Labute approximate surface area is 81.0 Å². The van der Waals surface area contributed by atoms with Crippen molar-refractivity contribution >= 4 is 5.97 Å². The lowest BCUT2D eigenvalue weighted by Crippen LogP contribution is -2.14. The standard InChI is InChI=1S/C11H20O2/c1-4-6-7-8-9-13-11(12)10(3)5-2/h6-7,10H,4-5,8-9H2,1-3H3/t10-/m0/s1. The van der Waals surface area contributed by atoms with Crippen LogP contribution in [0.2, 0.25) is 0 Å². The molecule has 0 aliphatic carbocycles. The van der Waals surface area contributed by atoms with Crippen molar-refractivity contribution < 1.29 is 9.53 Å². The molecular weight excluding hydrogens is 164 g/mol. The average molecular weight is 184 g/mol. The quantitative estimate of drug-likeness (QED) is 0.360. The van der Waals surface area contributed by atoms with Gasteiger partial charge in [-0.1, -0.05) is 32.9 Å². The summed E-state index contributed by atoms with van der Waals surface area (Å²) in [5.41, 5.74) is 0. The van der Waals surface area contributed by atoms with E-state index in [0.717, 1.165) is 19.3 Å². The first-order chi connectivity index (χ1) is 6.22. The molecule has 2 nitrogen and oxygen atoms in total. The number of rotatable bonds is 6. The molecule has 0 aromatic heterocycles. The van der Waals surface area contributed by atoms with Gasteiger partial charge in [0.05, 0.1) is 12.5 Å². The van der Waals surface area contributed by atoms with Gasteiger partial charge in [0.25, 0.3) is 0 Å². The number of carbonyl (C=O) groups is 1. The van der Waals surface area contributed by atoms with Crippen molar-refractivity contribution in [2.45, 2.75) is 40.0 Å². The summed E-state index contributed by atoms with van der Waals surface area (Å²) in [4.78, 5) is 11.2. The van der Waals surface area contributed by atoms with Gasteiger partial charge in [-0.2, -0.15) is 0 Å². The highest BCUT2D eigenvalue weighted by molar-refractivity contribution is 5.71. The molecule has 0 aliphatic rings. The van der Waals surface area contributed by atoms with Gasteiger partial charge in [-0.3, -0.25) is 4.79 Å². The molecule has 13 heavy (non-hydrogen) atoms. The smallest absolute Gasteiger partial charge is 0.308 e. The average Bonchev–Trinajstić information content (AvgIpc) is 2.16. The van der Waals surface area contributed by atoms with E-state index in [0.29, 0.717) is 6.61 Å². The second kappa shape index (κ2) is 7.84. The lowest BCUT2D eigenvalue weighted by atomic mass is 10.1. The van der Waals surface area contributed by atoms with Gasteiger partial charge < -0.3 is 4.74 Å². The van der Waals surface area contributed by atoms with Crippen molar-refractivity contribution in [2.24, 2.45) is 5.92 Å². The second-order valence-electron chi connectivity index (χ2n) is 3.15. The lowest BCUT2D eigenvalue weighted by molar-refractivity contribution is -0.147. The number of hydrogen-bond acceptors (Lipinski definition) is 2. The van der Waals surface area contributed by atoms with Crippen molar-refractivity contribution in [3.05, 3.63) is 12.2 Å². The maximum atomic E-state index is 11.2. The Kier molecular flexibility index (Phi) is 7.36. The monoisotopic (exact) mass is 184 g/mol. The van der Waals surface area contributed by atoms with E-state index >= 15 is 0 Å². The van der Waals surface area contributed by atoms with Crippen LogP contribution in [0.5, 0.6) is 0 Å². The molecule has 0 aromatic rings. The third-order valence-electron chi connectivity index (χ3n) is 1.95. The molecule has 0 saturated carbocycles. The van der Waals surface area contributed by atoms with Crippen LogP contribution in [0.15, 0.2) is 12.2 Å². The zero-order valence-electron chi connectivity index (χ0n) is 8.88. The minimum absolute atomic E-state index is 0.0372. The van der Waals surface area contributed by atoms with Gasteiger partial charge >= 0.3 is 5.97 Å². The zero-order chi connectivity index (χ0) is 10.1. The number of carbonyl (C=O) groups excluding carboxylic acids is 1. The molecule has 0 radical (unpaired) electrons. The molecule has 0 bridgehead atoms. The first kappa shape index (κ1) is 12.2. The van der Waals surface area contributed by atoms with Gasteiger partial charge in [-0.25, -0.2) is 0 Å². The van der Waals surface area contributed by atoms with Crippen molar-refractivity contribution in [1.29, 1.82) is 0 Å². The maximum absolute atomic E-state index is 11.2. The van der Waals surface area contributed by atoms with E-state index in [2.05, 4.69) is 13.0 Å². The number of ether oxygens (including phenoxy) is 1. The Morgan fingerprint density at radius 3 is 2.62 bits per heavy atom. The Balaban J connectivity index is 3.42. The highest BCUT2D eigenvalue weighted by Gasteiger charge is 2.10. The van der Waals surface area contributed by atoms with E-state index in [9.17, 15) is 4.79 Å². The molecular formula is C11H20O2. The summed E-state index contributed by atoms with van der Waals surface area (Å²) < 4.78 is 5.05. The topological polar surface area (TPSA) is 26.3 Å². The molecule has 0 N–H and O–H groups in total. The molecule has 0 amide bonds. The van der Waals surface area contributed by atoms with Crippen LogP contribution in [0, 0.1) is 5.92 Å². The van der Waals surface area contributed by atoms with E-state index in [1.54, 1.807) is 0 Å². The molecule has 2 heteroatoms. The van der Waals surface area contributed by atoms with Gasteiger partial charge in [-0.05, 0) is 19.3 Å². The molecule has 0 rings (SSSR count). The fraction of sp³-hybridized carbons (Fsp3) is 0.727. The molecule has 0 spiro atoms. The van der Waals surface area contributed by atoms with E-state index in [-0.39, 0.29) is 11.9 Å². The van der Waals surface area contributed by atoms with Crippen molar-refractivity contribution in [1.82, 2.24) is 0 Å². The summed E-state index contributed by atoms with van der Waals surface area (Å²) in [5, 5.41) is 0. The summed E-state index contributed by atoms with van der Waals surface area (Å²) in [6.07, 6.45) is 6.85. The summed E-state index contributed by atoms with van der Waals surface area (Å²) in [5.74, 6) is -0.0393. The summed E-state index contributed by atoms with van der Waals surface area (Å²) in [6, 6.07) is 0. The number of hydrogen-bond donors (Lipinski definition) is 0. The van der Waals surface area contributed by atoms with Crippen LogP contribution in [0.4, 0.5) is 0 Å². The van der Waals surface area contributed by atoms with Gasteiger partial charge in [0.15, 0.2) is 0 Å². The molecule has 0 aromatic carbocycles. The van der Waals surface area contributed by atoms with Crippen LogP contribution in [0.1, 0.15) is 40.0 Å². The van der Waals surface area contributed by atoms with Gasteiger partial charge in [-0.15, -0.1) is 0 Å². The molecule has 0 saturated heterocycles. The Bertz CT molecular complexity index is 161. The van der Waals surface area contributed by atoms with Crippen LogP contribution in [0.3, 0.4) is 0 Å². The molecule has 0 aliphatic heterocycles. The van der Waals surface area contributed by atoms with Crippen molar-refractivity contribution in [3.63, 3.8) is 0 Å². The molecule has 76 valence electrons. The van der Waals surface area contributed by atoms with Crippen LogP contribution in [0.25, 0.3) is 0 Å². The fourth-order valence-electron chi connectivity index (χ4n) is 0.821. The van der Waals surface area contributed by atoms with E-state index in [1.807, 2.05) is 19.9 Å². The molecule has 1 atom stereocenters. The summed E-state index contributed by atoms with van der Waals surface area (Å²) >= 11 is 0. The highest BCUT2D eigenvalue weighted by atomic mass is 16.5. The van der Waals surface area contributed by atoms with Crippen LogP contribution >= 0.6 is 0 Å². The molecule has 0 fully saturated rings. The third kappa shape index (κ3) is 6.38. The zero-order valence-corrected chi connectivity index (χ0v) is 8.88. The SMILES string of the molecule is CCC=CCCOC(=O)[C@@H](C)CC. The number of allylic oxidation sites excluding steroid dienone is 1. The van der Waals surface area contributed by atoms with E-state index in [1.165, 1.54) is 0 Å². The Morgan fingerprint density at radius 1 is 1.38 bits per heavy atom. The summed E-state index contributed by atoms with van der Waals surface area (Å²) in [7, 11) is 0. The largest absolute Gasteiger partial charge is 0.465 e. The first-order valence-electron chi connectivity index (χ1n) is 5.04. The third-order valence-corrected chi connectivity index (χ3v) is 1.95. The molecule has 0 unspecified atom stereocenters. The fourth-order valence-corrected chi connectivity index (χ4v) is 0.821. The van der Waals surface area contributed by atoms with Crippen LogP contribution in [-0.2, 0) is 9.53 Å². The van der Waals surface area contributed by atoms with Crippen molar-refractivity contribution in [3.8, 4) is 0 Å². The maximum Gasteiger partial charge on any atom is 0.308 e. The Hall–Kier alpha value is -0.790. The van der Waals surface area contributed by atoms with Gasteiger partial charge in [0.1, 0.15) is 0 Å². The normalized spacial score (nSPS) is 13.2. The van der Waals surface area contributed by atoms with Gasteiger partial charge in [0, 0.05) is 0 Å². The summed E-state index contributed by atoms with van der Waals surface area (Å²) in [6.45, 7) is 6.48. The predicted molar refractivity (Wildman–Crippen MR) is 54.5 cm³/mol. The first-order valence-corrected chi connectivity index (χ1v) is 5.04. The molecule has 0 heterocycles. The lowest BCUT2D eigenvalue weighted by Gasteiger charge is -2.07. The minimum atomic E-state index is -0.0765. The van der Waals surface area contributed by atoms with Crippen molar-refractivity contribution in [2.75, 3.05) is 6.61 Å². The predicted octanol–water partition coefficient (Wildman–Crippen LogP) is 2.93. The Morgan fingerprint density at radius 2 is 2.08 bits per heavy atom. The van der Waals surface area contributed by atoms with E-state index < -0.39 is 0 Å². The van der Waals surface area contributed by atoms with Crippen LogP contribution in [-0.4, -0.2) is 12.6 Å². The highest BCUT2D eigenvalue weighted by Crippen LogP contribution is 2.03.